The Balaban J connectivity index is 1.29. The summed E-state index contributed by atoms with van der Waals surface area (Å²) in [5, 5.41) is 11.5. The summed E-state index contributed by atoms with van der Waals surface area (Å²) in [4.78, 5) is 34.3. The van der Waals surface area contributed by atoms with Gasteiger partial charge in [0.2, 0.25) is 5.91 Å². The van der Waals surface area contributed by atoms with Gasteiger partial charge in [-0.1, -0.05) is 24.3 Å². The molecule has 1 aliphatic heterocycles. The summed E-state index contributed by atoms with van der Waals surface area (Å²) in [6, 6.07) is 14.8. The molecule has 1 atom stereocenters. The highest BCUT2D eigenvalue weighted by Crippen LogP contribution is 2.30. The number of hydrogen-bond acceptors (Lipinski definition) is 8. The number of nitrogens with one attached hydrogen (secondary N) is 1. The average molecular weight is 535 g/mol. The molecular weight excluding hydrogens is 500 g/mol. The van der Waals surface area contributed by atoms with E-state index in [1.54, 1.807) is 18.3 Å². The van der Waals surface area contributed by atoms with Crippen LogP contribution in [0.2, 0.25) is 0 Å². The zero-order chi connectivity index (χ0) is 27.5. The topological polar surface area (TPSA) is 123 Å². The molecule has 1 fully saturated rings. The van der Waals surface area contributed by atoms with Crippen molar-refractivity contribution in [2.75, 3.05) is 36.5 Å². The summed E-state index contributed by atoms with van der Waals surface area (Å²) in [6.45, 7) is 4.32. The summed E-state index contributed by atoms with van der Waals surface area (Å²) in [5.41, 5.74) is 0.817. The lowest BCUT2D eigenvalue weighted by Gasteiger charge is -2.33. The number of carbonyl (C=O) groups excluding carboxylic acids is 1. The summed E-state index contributed by atoms with van der Waals surface area (Å²) >= 11 is 0. The fourth-order valence-electron chi connectivity index (χ4n) is 4.30. The molecule has 0 unspecified atom stereocenters. The molecule has 0 spiro atoms. The first-order chi connectivity index (χ1) is 19.0. The Kier molecular flexibility index (Phi) is 9.93. The third-order valence-electron chi connectivity index (χ3n) is 6.13. The molecule has 1 amide bonds. The van der Waals surface area contributed by atoms with Gasteiger partial charge in [0.1, 0.15) is 17.7 Å². The molecule has 1 aromatic heterocycles. The number of nitrogens with zero attached hydrogens (tertiary/aromatic N) is 3. The number of carboxylic acid groups (broad SMARTS) is 1. The Hall–Kier alpha value is -4.34. The van der Waals surface area contributed by atoms with Crippen LogP contribution in [0.5, 0.6) is 17.2 Å². The van der Waals surface area contributed by atoms with Crippen molar-refractivity contribution in [3.63, 3.8) is 0 Å². The lowest BCUT2D eigenvalue weighted by atomic mass is 10.1. The van der Waals surface area contributed by atoms with Crippen molar-refractivity contribution in [2.45, 2.75) is 45.1 Å². The number of para-hydroxylation sites is 2. The Labute approximate surface area is 227 Å². The predicted molar refractivity (Wildman–Crippen MR) is 147 cm³/mol. The molecule has 0 aliphatic carbocycles. The Morgan fingerprint density at radius 1 is 1.08 bits per heavy atom. The monoisotopic (exact) mass is 534 g/mol. The third-order valence-corrected chi connectivity index (χ3v) is 6.13. The second-order valence-corrected chi connectivity index (χ2v) is 9.19. The number of anilines is 2. The first-order valence-corrected chi connectivity index (χ1v) is 13.2. The van der Waals surface area contributed by atoms with E-state index in [4.69, 9.17) is 19.3 Å². The molecular formula is C29H34N4O6. The number of aromatic nitrogens is 2. The average Bonchev–Trinajstić information content (AvgIpc) is 2.93. The molecule has 4 rings (SSSR count). The number of amides is 1. The maximum atomic E-state index is 12.7. The highest BCUT2D eigenvalue weighted by atomic mass is 16.5. The van der Waals surface area contributed by atoms with E-state index in [2.05, 4.69) is 20.2 Å². The number of ether oxygens (including phenoxy) is 3. The molecule has 1 aliphatic rings. The smallest absolute Gasteiger partial charge is 0.303 e. The largest absolute Gasteiger partial charge is 0.494 e. The van der Waals surface area contributed by atoms with Gasteiger partial charge in [-0.3, -0.25) is 14.6 Å². The molecule has 2 heterocycles. The van der Waals surface area contributed by atoms with E-state index in [0.717, 1.165) is 36.4 Å². The molecule has 2 aromatic carbocycles. The summed E-state index contributed by atoms with van der Waals surface area (Å²) in [5.74, 6) is 2.13. The van der Waals surface area contributed by atoms with Crippen LogP contribution in [-0.2, 0) is 16.0 Å². The molecule has 0 radical (unpaired) electrons. The van der Waals surface area contributed by atoms with Crippen molar-refractivity contribution in [3.05, 3.63) is 66.5 Å². The zero-order valence-electron chi connectivity index (χ0n) is 22.0. The molecule has 0 saturated carbocycles. The van der Waals surface area contributed by atoms with Gasteiger partial charge in [0, 0.05) is 13.0 Å². The molecule has 3 aromatic rings. The van der Waals surface area contributed by atoms with Crippen molar-refractivity contribution in [2.24, 2.45) is 0 Å². The van der Waals surface area contributed by atoms with Gasteiger partial charge in [-0.15, -0.1) is 0 Å². The third kappa shape index (κ3) is 8.59. The number of aliphatic carboxylic acids is 1. The Bertz CT molecular complexity index is 1240. The van der Waals surface area contributed by atoms with E-state index in [1.165, 1.54) is 6.20 Å². The number of benzene rings is 2. The normalized spacial score (nSPS) is 14.9. The van der Waals surface area contributed by atoms with Gasteiger partial charge in [-0.25, -0.2) is 4.98 Å². The number of hydrogen-bond donors (Lipinski definition) is 2. The van der Waals surface area contributed by atoms with Gasteiger partial charge in [0.05, 0.1) is 38.6 Å². The molecule has 2 N–H and O–H groups in total. The lowest BCUT2D eigenvalue weighted by Crippen LogP contribution is -2.41. The van der Waals surface area contributed by atoms with Crippen molar-refractivity contribution in [3.8, 4) is 17.2 Å². The van der Waals surface area contributed by atoms with Gasteiger partial charge in [0.15, 0.2) is 17.3 Å². The van der Waals surface area contributed by atoms with E-state index in [9.17, 15) is 9.59 Å². The standard InChI is InChI=1S/C29H34N4O6/c1-2-37-24-8-3-4-9-25(24)39-23-7-5-15-33(20-23)27-19-30-18-26(31-27)32-28(34)17-21-11-13-22(14-12-21)38-16-6-10-29(35)36/h3-4,8-9,11-14,18-19,23H,2,5-7,10,15-17,20H2,1H3,(H,35,36)(H,31,32,34)/t23-/m1/s1. The molecule has 39 heavy (non-hydrogen) atoms. The van der Waals surface area contributed by atoms with Crippen LogP contribution in [0.1, 0.15) is 38.2 Å². The second-order valence-electron chi connectivity index (χ2n) is 9.19. The first kappa shape index (κ1) is 27.7. The van der Waals surface area contributed by atoms with Gasteiger partial charge in [-0.2, -0.15) is 0 Å². The van der Waals surface area contributed by atoms with Crippen molar-refractivity contribution >= 4 is 23.5 Å². The Morgan fingerprint density at radius 3 is 2.64 bits per heavy atom. The minimum atomic E-state index is -0.844. The minimum absolute atomic E-state index is 0.0236. The van der Waals surface area contributed by atoms with Crippen LogP contribution in [0, 0.1) is 0 Å². The van der Waals surface area contributed by atoms with Crippen molar-refractivity contribution in [1.82, 2.24) is 9.97 Å². The predicted octanol–water partition coefficient (Wildman–Crippen LogP) is 4.35. The maximum Gasteiger partial charge on any atom is 0.303 e. The molecule has 0 bridgehead atoms. The number of rotatable bonds is 13. The van der Waals surface area contributed by atoms with Crippen LogP contribution in [0.3, 0.4) is 0 Å². The fraction of sp³-hybridized carbons (Fsp3) is 0.379. The van der Waals surface area contributed by atoms with Crippen molar-refractivity contribution < 1.29 is 28.9 Å². The van der Waals surface area contributed by atoms with Crippen LogP contribution < -0.4 is 24.4 Å². The van der Waals surface area contributed by atoms with Gasteiger partial charge in [0.25, 0.3) is 0 Å². The number of piperidine rings is 1. The van der Waals surface area contributed by atoms with Crippen LogP contribution in [-0.4, -0.2) is 59.4 Å². The van der Waals surface area contributed by atoms with Gasteiger partial charge in [-0.05, 0) is 56.0 Å². The maximum absolute atomic E-state index is 12.7. The van der Waals surface area contributed by atoms with Gasteiger partial charge >= 0.3 is 5.97 Å². The minimum Gasteiger partial charge on any atom is -0.494 e. The van der Waals surface area contributed by atoms with E-state index in [0.29, 0.717) is 43.6 Å². The zero-order valence-corrected chi connectivity index (χ0v) is 22.0. The van der Waals surface area contributed by atoms with E-state index in [-0.39, 0.29) is 24.9 Å². The second kappa shape index (κ2) is 14.0. The van der Waals surface area contributed by atoms with Crippen LogP contribution in [0.25, 0.3) is 0 Å². The number of carbonyl (C=O) groups is 2. The lowest BCUT2D eigenvalue weighted by molar-refractivity contribution is -0.137. The Morgan fingerprint density at radius 2 is 1.87 bits per heavy atom. The van der Waals surface area contributed by atoms with Crippen LogP contribution in [0.15, 0.2) is 60.9 Å². The van der Waals surface area contributed by atoms with Gasteiger partial charge < -0.3 is 29.5 Å². The highest BCUT2D eigenvalue weighted by molar-refractivity contribution is 5.91. The van der Waals surface area contributed by atoms with Crippen LogP contribution >= 0.6 is 0 Å². The van der Waals surface area contributed by atoms with E-state index in [1.807, 2.05) is 43.3 Å². The summed E-state index contributed by atoms with van der Waals surface area (Å²) in [6.07, 6.45) is 5.75. The first-order valence-electron chi connectivity index (χ1n) is 13.2. The fourth-order valence-corrected chi connectivity index (χ4v) is 4.30. The van der Waals surface area contributed by atoms with E-state index < -0.39 is 5.97 Å². The molecule has 1 saturated heterocycles. The quantitative estimate of drug-likeness (QED) is 0.308. The van der Waals surface area contributed by atoms with Crippen molar-refractivity contribution in [1.29, 1.82) is 0 Å². The van der Waals surface area contributed by atoms with Crippen LogP contribution in [0.4, 0.5) is 11.6 Å². The van der Waals surface area contributed by atoms with E-state index >= 15 is 0 Å². The molecule has 10 heteroatoms. The highest BCUT2D eigenvalue weighted by Gasteiger charge is 2.24. The summed E-state index contributed by atoms with van der Waals surface area (Å²) in [7, 11) is 0. The summed E-state index contributed by atoms with van der Waals surface area (Å²) < 4.78 is 17.5. The molecule has 10 nitrogen and oxygen atoms in total. The molecule has 206 valence electrons. The number of carboxylic acids is 1. The SMILES string of the molecule is CCOc1ccccc1O[C@@H]1CCCN(c2cncc(NC(=O)Cc3ccc(OCCCC(=O)O)cc3)n2)C1.